The Morgan fingerprint density at radius 1 is 1.53 bits per heavy atom. The lowest BCUT2D eigenvalue weighted by atomic mass is 10.1. The second kappa shape index (κ2) is 6.06. The molecule has 0 aromatic heterocycles. The first-order valence-electron chi connectivity index (χ1n) is 6.94. The topological polar surface area (TPSA) is 58.4 Å². The van der Waals surface area contributed by atoms with Crippen LogP contribution in [0.25, 0.3) is 0 Å². The fraction of sp³-hybridized carbons (Fsp3) is 0.533. The van der Waals surface area contributed by atoms with Crippen molar-refractivity contribution in [2.24, 2.45) is 5.92 Å². The van der Waals surface area contributed by atoms with E-state index in [1.807, 2.05) is 0 Å². The van der Waals surface area contributed by atoms with Crippen LogP contribution in [0, 0.1) is 5.92 Å². The van der Waals surface area contributed by atoms with Gasteiger partial charge in [0.15, 0.2) is 0 Å². The highest BCUT2D eigenvalue weighted by molar-refractivity contribution is 5.94. The maximum Gasteiger partial charge on any atom is 0.251 e. The lowest BCUT2D eigenvalue weighted by Crippen LogP contribution is -2.33. The second-order valence-electron chi connectivity index (χ2n) is 5.58. The average Bonchev–Trinajstić information content (AvgIpc) is 2.85. The number of nitrogens with zero attached hydrogens (tertiary/aromatic N) is 1. The molecule has 1 atom stereocenters. The number of hydrogen-bond acceptors (Lipinski definition) is 3. The SMILES string of the molecule is CC(C)N1CC[C@H](CNC(=O)c2cccc(N)c2)C1. The Labute approximate surface area is 115 Å². The largest absolute Gasteiger partial charge is 0.399 e. The Kier molecular flexibility index (Phi) is 4.43. The summed E-state index contributed by atoms with van der Waals surface area (Å²) in [5.41, 5.74) is 6.94. The molecule has 1 aliphatic rings. The third kappa shape index (κ3) is 3.70. The van der Waals surface area contributed by atoms with Crippen LogP contribution in [-0.2, 0) is 0 Å². The van der Waals surface area contributed by atoms with E-state index in [9.17, 15) is 4.79 Å². The number of benzene rings is 1. The Hall–Kier alpha value is -1.55. The van der Waals surface area contributed by atoms with E-state index in [0.29, 0.717) is 23.2 Å². The molecule has 4 heteroatoms. The standard InChI is InChI=1S/C15H23N3O/c1-11(2)18-7-6-12(10-18)9-17-15(19)13-4-3-5-14(16)8-13/h3-5,8,11-12H,6-7,9-10,16H2,1-2H3,(H,17,19)/t12-/m1/s1. The predicted octanol–water partition coefficient (Wildman–Crippen LogP) is 1.73. The van der Waals surface area contributed by atoms with E-state index < -0.39 is 0 Å². The molecule has 1 heterocycles. The van der Waals surface area contributed by atoms with Crippen LogP contribution < -0.4 is 11.1 Å². The summed E-state index contributed by atoms with van der Waals surface area (Å²) in [6.45, 7) is 7.39. The molecule has 0 saturated carbocycles. The number of carbonyl (C=O) groups excluding carboxylic acids is 1. The summed E-state index contributed by atoms with van der Waals surface area (Å²) in [4.78, 5) is 14.4. The molecule has 0 aliphatic carbocycles. The van der Waals surface area contributed by atoms with E-state index in [2.05, 4.69) is 24.1 Å². The number of nitrogens with two attached hydrogens (primary N) is 1. The summed E-state index contributed by atoms with van der Waals surface area (Å²) in [7, 11) is 0. The molecule has 1 saturated heterocycles. The van der Waals surface area contributed by atoms with Crippen molar-refractivity contribution in [3.8, 4) is 0 Å². The fourth-order valence-corrected chi connectivity index (χ4v) is 2.52. The predicted molar refractivity (Wildman–Crippen MR) is 78.0 cm³/mol. The Morgan fingerprint density at radius 2 is 2.32 bits per heavy atom. The Bertz CT molecular complexity index is 445. The van der Waals surface area contributed by atoms with Gasteiger partial charge in [-0.3, -0.25) is 4.79 Å². The first-order valence-corrected chi connectivity index (χ1v) is 6.94. The summed E-state index contributed by atoms with van der Waals surface area (Å²) in [6.07, 6.45) is 1.16. The van der Waals surface area contributed by atoms with Gasteiger partial charge in [0.2, 0.25) is 0 Å². The van der Waals surface area contributed by atoms with Crippen molar-refractivity contribution in [2.45, 2.75) is 26.3 Å². The van der Waals surface area contributed by atoms with Gasteiger partial charge in [-0.25, -0.2) is 0 Å². The van der Waals surface area contributed by atoms with Crippen molar-refractivity contribution in [1.29, 1.82) is 0 Å². The summed E-state index contributed by atoms with van der Waals surface area (Å²) in [5.74, 6) is 0.530. The van der Waals surface area contributed by atoms with Crippen molar-refractivity contribution in [2.75, 3.05) is 25.4 Å². The van der Waals surface area contributed by atoms with E-state index in [1.54, 1.807) is 24.3 Å². The van der Waals surface area contributed by atoms with Gasteiger partial charge in [0.05, 0.1) is 0 Å². The number of rotatable bonds is 4. The maximum absolute atomic E-state index is 12.0. The van der Waals surface area contributed by atoms with Gasteiger partial charge in [0.1, 0.15) is 0 Å². The molecule has 4 nitrogen and oxygen atoms in total. The summed E-state index contributed by atoms with van der Waals surface area (Å²) in [6, 6.07) is 7.69. The van der Waals surface area contributed by atoms with Gasteiger partial charge in [0, 0.05) is 30.4 Å². The van der Waals surface area contributed by atoms with E-state index in [0.717, 1.165) is 26.1 Å². The lowest BCUT2D eigenvalue weighted by Gasteiger charge is -2.20. The monoisotopic (exact) mass is 261 g/mol. The molecule has 19 heavy (non-hydrogen) atoms. The molecule has 1 aromatic rings. The van der Waals surface area contributed by atoms with Crippen LogP contribution in [0.1, 0.15) is 30.6 Å². The van der Waals surface area contributed by atoms with Gasteiger partial charge < -0.3 is 16.0 Å². The molecule has 0 bridgehead atoms. The van der Waals surface area contributed by atoms with Gasteiger partial charge in [-0.2, -0.15) is 0 Å². The highest BCUT2D eigenvalue weighted by atomic mass is 16.1. The third-order valence-corrected chi connectivity index (χ3v) is 3.75. The second-order valence-corrected chi connectivity index (χ2v) is 5.58. The van der Waals surface area contributed by atoms with Crippen LogP contribution in [0.15, 0.2) is 24.3 Å². The highest BCUT2D eigenvalue weighted by Gasteiger charge is 2.24. The molecule has 1 amide bonds. The summed E-state index contributed by atoms with van der Waals surface area (Å²) < 4.78 is 0. The minimum atomic E-state index is -0.0321. The van der Waals surface area contributed by atoms with Crippen LogP contribution in [0.5, 0.6) is 0 Å². The maximum atomic E-state index is 12.0. The first kappa shape index (κ1) is 13.9. The number of carbonyl (C=O) groups is 1. The number of amides is 1. The highest BCUT2D eigenvalue weighted by Crippen LogP contribution is 2.17. The zero-order valence-corrected chi connectivity index (χ0v) is 11.7. The molecule has 1 aromatic carbocycles. The zero-order valence-electron chi connectivity index (χ0n) is 11.7. The van der Waals surface area contributed by atoms with Crippen LogP contribution in [0.3, 0.4) is 0 Å². The number of nitrogen functional groups attached to an aromatic ring is 1. The van der Waals surface area contributed by atoms with E-state index in [4.69, 9.17) is 5.73 Å². The minimum Gasteiger partial charge on any atom is -0.399 e. The quantitative estimate of drug-likeness (QED) is 0.812. The summed E-state index contributed by atoms with van der Waals surface area (Å²) >= 11 is 0. The smallest absolute Gasteiger partial charge is 0.251 e. The van der Waals surface area contributed by atoms with Gasteiger partial charge >= 0.3 is 0 Å². The van der Waals surface area contributed by atoms with Crippen molar-refractivity contribution in [3.05, 3.63) is 29.8 Å². The molecule has 0 radical (unpaired) electrons. The number of hydrogen-bond donors (Lipinski definition) is 2. The fourth-order valence-electron chi connectivity index (χ4n) is 2.52. The minimum absolute atomic E-state index is 0.0321. The van der Waals surface area contributed by atoms with Crippen molar-refractivity contribution < 1.29 is 4.79 Å². The molecule has 0 spiro atoms. The van der Waals surface area contributed by atoms with Crippen molar-refractivity contribution in [1.82, 2.24) is 10.2 Å². The van der Waals surface area contributed by atoms with Crippen LogP contribution in [0.2, 0.25) is 0 Å². The zero-order chi connectivity index (χ0) is 13.8. The molecule has 0 unspecified atom stereocenters. The summed E-state index contributed by atoms with van der Waals surface area (Å²) in [5, 5.41) is 3.01. The molecular formula is C15H23N3O. The van der Waals surface area contributed by atoms with Gasteiger partial charge in [0.25, 0.3) is 5.91 Å². The van der Waals surface area contributed by atoms with Crippen molar-refractivity contribution in [3.63, 3.8) is 0 Å². The third-order valence-electron chi connectivity index (χ3n) is 3.75. The van der Waals surface area contributed by atoms with Crippen LogP contribution in [-0.4, -0.2) is 36.5 Å². The van der Waals surface area contributed by atoms with E-state index >= 15 is 0 Å². The number of likely N-dealkylation sites (tertiary alicyclic amines) is 1. The molecule has 1 aliphatic heterocycles. The number of anilines is 1. The van der Waals surface area contributed by atoms with Crippen LogP contribution >= 0.6 is 0 Å². The van der Waals surface area contributed by atoms with Gasteiger partial charge in [-0.1, -0.05) is 6.07 Å². The van der Waals surface area contributed by atoms with E-state index in [-0.39, 0.29) is 5.91 Å². The molecule has 104 valence electrons. The van der Waals surface area contributed by atoms with E-state index in [1.165, 1.54) is 0 Å². The normalized spacial score (nSPS) is 19.8. The van der Waals surface area contributed by atoms with Crippen molar-refractivity contribution >= 4 is 11.6 Å². The molecule has 1 fully saturated rings. The first-order chi connectivity index (χ1) is 9.06. The van der Waals surface area contributed by atoms with Crippen LogP contribution in [0.4, 0.5) is 5.69 Å². The molecule has 3 N–H and O–H groups in total. The average molecular weight is 261 g/mol. The Balaban J connectivity index is 1.82. The Morgan fingerprint density at radius 3 is 2.95 bits per heavy atom. The molecule has 2 rings (SSSR count). The molecular weight excluding hydrogens is 238 g/mol. The number of nitrogens with one attached hydrogen (secondary N) is 1. The lowest BCUT2D eigenvalue weighted by molar-refractivity contribution is 0.0947. The van der Waals surface area contributed by atoms with Gasteiger partial charge in [-0.15, -0.1) is 0 Å². The van der Waals surface area contributed by atoms with Gasteiger partial charge in [-0.05, 0) is 50.9 Å².